The van der Waals surface area contributed by atoms with Gasteiger partial charge in [0.15, 0.2) is 0 Å². The van der Waals surface area contributed by atoms with Crippen LogP contribution in [0.5, 0.6) is 5.75 Å². The molecule has 1 unspecified atom stereocenters. The molecular weight excluding hydrogens is 338 g/mol. The number of phenolic OH excluding ortho intramolecular Hbond substituents is 1. The number of halogens is 1. The van der Waals surface area contributed by atoms with Crippen LogP contribution in [0.4, 0.5) is 0 Å². The number of hydrogen-bond donors (Lipinski definition) is 2. The van der Waals surface area contributed by atoms with E-state index in [1.54, 1.807) is 12.4 Å². The predicted molar refractivity (Wildman–Crippen MR) is 90.2 cm³/mol. The van der Waals surface area contributed by atoms with Gasteiger partial charge in [0.1, 0.15) is 5.75 Å². The third kappa shape index (κ3) is 3.52. The van der Waals surface area contributed by atoms with Crippen molar-refractivity contribution in [1.82, 2.24) is 9.55 Å². The zero-order valence-electron chi connectivity index (χ0n) is 12.8. The largest absolute Gasteiger partial charge is 0.508 e. The number of hydrogen-bond acceptors (Lipinski definition) is 4. The number of benzene rings is 1. The Bertz CT molecular complexity index is 817. The average Bonchev–Trinajstić information content (AvgIpc) is 2.86. The zero-order chi connectivity index (χ0) is 15.9. The maximum atomic E-state index is 11.5. The van der Waals surface area contributed by atoms with Gasteiger partial charge >= 0.3 is 0 Å². The number of primary sulfonamides is 1. The quantitative estimate of drug-likeness (QED) is 0.875. The fourth-order valence-electron chi connectivity index (χ4n) is 3.33. The molecule has 1 aromatic carbocycles. The van der Waals surface area contributed by atoms with Crippen molar-refractivity contribution in [3.05, 3.63) is 47.0 Å². The van der Waals surface area contributed by atoms with E-state index >= 15 is 0 Å². The fourth-order valence-corrected chi connectivity index (χ4v) is 4.06. The zero-order valence-corrected chi connectivity index (χ0v) is 14.4. The second-order valence-corrected chi connectivity index (χ2v) is 7.43. The molecule has 0 aliphatic heterocycles. The first kappa shape index (κ1) is 17.8. The number of sulfonamides is 1. The minimum Gasteiger partial charge on any atom is -0.508 e. The number of aryl methyl sites for hydroxylation is 1. The highest BCUT2D eigenvalue weighted by molar-refractivity contribution is 7.88. The molecule has 0 bridgehead atoms. The molecule has 23 heavy (non-hydrogen) atoms. The normalized spacial score (nSPS) is 17.4. The number of nitrogens with zero attached hydrogens (tertiary/aromatic N) is 2. The first-order valence-corrected chi connectivity index (χ1v) is 8.88. The van der Waals surface area contributed by atoms with Gasteiger partial charge in [-0.25, -0.2) is 18.5 Å². The number of aromatic nitrogens is 2. The van der Waals surface area contributed by atoms with E-state index in [2.05, 4.69) is 4.98 Å². The van der Waals surface area contributed by atoms with Crippen LogP contribution in [0.3, 0.4) is 0 Å². The number of fused-ring (bicyclic) bond motifs is 1. The molecule has 0 saturated carbocycles. The van der Waals surface area contributed by atoms with Gasteiger partial charge in [0.2, 0.25) is 10.0 Å². The van der Waals surface area contributed by atoms with E-state index in [0.717, 1.165) is 36.1 Å². The molecule has 6 nitrogen and oxygen atoms in total. The molecule has 3 rings (SSSR count). The number of nitrogens with two attached hydrogens (primary N) is 1. The monoisotopic (exact) mass is 357 g/mol. The average molecular weight is 358 g/mol. The first-order valence-electron chi connectivity index (χ1n) is 7.17. The van der Waals surface area contributed by atoms with Gasteiger partial charge in [-0.2, -0.15) is 0 Å². The van der Waals surface area contributed by atoms with Crippen LogP contribution in [0, 0.1) is 0 Å². The Morgan fingerprint density at radius 2 is 2.17 bits per heavy atom. The van der Waals surface area contributed by atoms with Gasteiger partial charge in [-0.1, -0.05) is 6.07 Å². The lowest BCUT2D eigenvalue weighted by atomic mass is 9.79. The van der Waals surface area contributed by atoms with Crippen LogP contribution in [0.25, 0.3) is 0 Å². The van der Waals surface area contributed by atoms with Crippen LogP contribution in [0.2, 0.25) is 0 Å². The molecule has 1 heterocycles. The molecule has 8 heteroatoms. The lowest BCUT2D eigenvalue weighted by Gasteiger charge is -2.28. The molecule has 1 aromatic heterocycles. The molecule has 3 N–H and O–H groups in total. The molecule has 1 aliphatic rings. The number of imidazole rings is 1. The van der Waals surface area contributed by atoms with Gasteiger partial charge < -0.3 is 9.67 Å². The Labute approximate surface area is 141 Å². The maximum Gasteiger partial charge on any atom is 0.213 e. The van der Waals surface area contributed by atoms with Crippen molar-refractivity contribution < 1.29 is 13.5 Å². The summed E-state index contributed by atoms with van der Waals surface area (Å²) in [5, 5.41) is 15.2. The second-order valence-electron chi connectivity index (χ2n) is 5.81. The SMILES string of the molecule is Cl.Cn1cncc1C1CCCc2c1ccc(O)c2CS(N)(=O)=O. The van der Waals surface area contributed by atoms with Crippen molar-refractivity contribution in [2.24, 2.45) is 12.2 Å². The van der Waals surface area contributed by atoms with Gasteiger partial charge in [-0.3, -0.25) is 0 Å². The van der Waals surface area contributed by atoms with Crippen molar-refractivity contribution in [2.75, 3.05) is 0 Å². The Balaban J connectivity index is 0.00000192. The van der Waals surface area contributed by atoms with Crippen LogP contribution >= 0.6 is 12.4 Å². The minimum atomic E-state index is -3.69. The third-order valence-electron chi connectivity index (χ3n) is 4.29. The molecule has 126 valence electrons. The molecular formula is C15H20ClN3O3S. The summed E-state index contributed by atoms with van der Waals surface area (Å²) in [5.74, 6) is -0.172. The van der Waals surface area contributed by atoms with Crippen molar-refractivity contribution in [3.63, 3.8) is 0 Å². The molecule has 0 fully saturated rings. The van der Waals surface area contributed by atoms with Crippen molar-refractivity contribution >= 4 is 22.4 Å². The van der Waals surface area contributed by atoms with Crippen LogP contribution < -0.4 is 5.14 Å². The summed E-state index contributed by atoms with van der Waals surface area (Å²) in [4.78, 5) is 4.17. The van der Waals surface area contributed by atoms with Crippen molar-refractivity contribution in [1.29, 1.82) is 0 Å². The van der Waals surface area contributed by atoms with E-state index in [0.29, 0.717) is 5.56 Å². The highest BCUT2D eigenvalue weighted by Gasteiger charge is 2.27. The van der Waals surface area contributed by atoms with E-state index < -0.39 is 10.0 Å². The maximum absolute atomic E-state index is 11.5. The number of aromatic hydroxyl groups is 1. The lowest BCUT2D eigenvalue weighted by Crippen LogP contribution is -2.19. The summed E-state index contributed by atoms with van der Waals surface area (Å²) in [6.45, 7) is 0. The standard InChI is InChI=1S/C15H19N3O3S.ClH/c1-18-9-17-7-14(18)12-4-2-3-10-11(12)5-6-15(19)13(10)8-22(16,20)21;/h5-7,9,12,19H,2-4,8H2,1H3,(H2,16,20,21);1H. The lowest BCUT2D eigenvalue weighted by molar-refractivity contribution is 0.465. The summed E-state index contributed by atoms with van der Waals surface area (Å²) in [6, 6.07) is 3.45. The van der Waals surface area contributed by atoms with Crippen molar-refractivity contribution in [3.8, 4) is 5.75 Å². The summed E-state index contributed by atoms with van der Waals surface area (Å²) >= 11 is 0. The summed E-state index contributed by atoms with van der Waals surface area (Å²) in [5.41, 5.74) is 3.50. The van der Waals surface area contributed by atoms with E-state index in [-0.39, 0.29) is 29.8 Å². The molecule has 0 saturated heterocycles. The minimum absolute atomic E-state index is 0. The van der Waals surface area contributed by atoms with E-state index in [4.69, 9.17) is 5.14 Å². The summed E-state index contributed by atoms with van der Waals surface area (Å²) in [7, 11) is -1.74. The van der Waals surface area contributed by atoms with Crippen LogP contribution in [-0.2, 0) is 29.2 Å². The Kier molecular flexibility index (Phi) is 5.03. The van der Waals surface area contributed by atoms with Gasteiger partial charge in [0.05, 0.1) is 12.1 Å². The number of rotatable bonds is 3. The Morgan fingerprint density at radius 1 is 1.43 bits per heavy atom. The highest BCUT2D eigenvalue weighted by atomic mass is 35.5. The van der Waals surface area contributed by atoms with Gasteiger partial charge in [0, 0.05) is 30.4 Å². The molecule has 2 aromatic rings. The molecule has 1 aliphatic carbocycles. The molecule has 1 atom stereocenters. The van der Waals surface area contributed by atoms with Gasteiger partial charge in [0.25, 0.3) is 0 Å². The number of phenols is 1. The van der Waals surface area contributed by atoms with Crippen molar-refractivity contribution in [2.45, 2.75) is 30.9 Å². The van der Waals surface area contributed by atoms with Crippen LogP contribution in [0.15, 0.2) is 24.7 Å². The van der Waals surface area contributed by atoms with Crippen LogP contribution in [-0.4, -0.2) is 23.1 Å². The Hall–Kier alpha value is -1.57. The van der Waals surface area contributed by atoms with E-state index in [9.17, 15) is 13.5 Å². The molecule has 0 radical (unpaired) electrons. The third-order valence-corrected chi connectivity index (χ3v) is 4.99. The summed E-state index contributed by atoms with van der Waals surface area (Å²) < 4.78 is 24.9. The van der Waals surface area contributed by atoms with Gasteiger partial charge in [-0.05, 0) is 36.5 Å². The summed E-state index contributed by atoms with van der Waals surface area (Å²) in [6.07, 6.45) is 6.26. The van der Waals surface area contributed by atoms with Crippen LogP contribution in [0.1, 0.15) is 41.1 Å². The molecule has 0 amide bonds. The second kappa shape index (κ2) is 6.51. The Morgan fingerprint density at radius 3 is 2.78 bits per heavy atom. The van der Waals surface area contributed by atoms with E-state index in [1.807, 2.05) is 23.9 Å². The predicted octanol–water partition coefficient (Wildman–Crippen LogP) is 1.80. The smallest absolute Gasteiger partial charge is 0.213 e. The molecule has 0 spiro atoms. The first-order chi connectivity index (χ1) is 10.4. The highest BCUT2D eigenvalue weighted by Crippen LogP contribution is 2.40. The fraction of sp³-hybridized carbons (Fsp3) is 0.400. The van der Waals surface area contributed by atoms with Gasteiger partial charge in [-0.15, -0.1) is 12.4 Å². The van der Waals surface area contributed by atoms with E-state index in [1.165, 1.54) is 0 Å². The topological polar surface area (TPSA) is 98.2 Å².